The maximum atomic E-state index is 9.14. The molecule has 0 radical (unpaired) electrons. The van der Waals surface area contributed by atoms with Crippen LogP contribution in [0.5, 0.6) is 0 Å². The van der Waals surface area contributed by atoms with Crippen LogP contribution in [0.3, 0.4) is 0 Å². The van der Waals surface area contributed by atoms with Crippen molar-refractivity contribution in [3.8, 4) is 0 Å². The van der Waals surface area contributed by atoms with Gasteiger partial charge in [0.2, 0.25) is 0 Å². The lowest BCUT2D eigenvalue weighted by Crippen LogP contribution is -2.14. The lowest BCUT2D eigenvalue weighted by molar-refractivity contribution is -0.105. The second-order valence-corrected chi connectivity index (χ2v) is 3.37. The third-order valence-corrected chi connectivity index (χ3v) is 2.46. The van der Waals surface area contributed by atoms with Gasteiger partial charge in [-0.2, -0.15) is 0 Å². The molecular weight excluding hydrogens is 192 g/mol. The molecule has 0 unspecified atom stereocenters. The fourth-order valence-corrected chi connectivity index (χ4v) is 1.56. The van der Waals surface area contributed by atoms with Gasteiger partial charge in [0, 0.05) is 20.6 Å². The van der Waals surface area contributed by atoms with E-state index in [0.29, 0.717) is 0 Å². The molecule has 1 N–H and O–H groups in total. The first kappa shape index (κ1) is 12.2. The third kappa shape index (κ3) is 3.63. The first-order valence-corrected chi connectivity index (χ1v) is 5.05. The highest BCUT2D eigenvalue weighted by atomic mass is 16.7. The summed E-state index contributed by atoms with van der Waals surface area (Å²) in [5, 5.41) is 9.14. The second-order valence-electron chi connectivity index (χ2n) is 3.37. The third-order valence-electron chi connectivity index (χ3n) is 2.46. The van der Waals surface area contributed by atoms with E-state index in [2.05, 4.69) is 0 Å². The van der Waals surface area contributed by atoms with Crippen molar-refractivity contribution < 1.29 is 14.6 Å². The Bertz CT molecular complexity index is 282. The van der Waals surface area contributed by atoms with E-state index in [-0.39, 0.29) is 12.9 Å². The molecule has 0 aliphatic carbocycles. The zero-order chi connectivity index (χ0) is 11.1. The molecule has 0 saturated heterocycles. The second kappa shape index (κ2) is 6.56. The lowest BCUT2D eigenvalue weighted by Gasteiger charge is -2.14. The van der Waals surface area contributed by atoms with Crippen LogP contribution in [0.15, 0.2) is 24.3 Å². The van der Waals surface area contributed by atoms with Gasteiger partial charge in [-0.3, -0.25) is 0 Å². The smallest absolute Gasteiger partial charge is 0.157 e. The SMILES string of the molecule is COC(CCc1ccccc1CO)OC. The van der Waals surface area contributed by atoms with E-state index in [4.69, 9.17) is 14.6 Å². The van der Waals surface area contributed by atoms with Crippen LogP contribution >= 0.6 is 0 Å². The van der Waals surface area contributed by atoms with Gasteiger partial charge in [0.25, 0.3) is 0 Å². The van der Waals surface area contributed by atoms with E-state index in [9.17, 15) is 0 Å². The summed E-state index contributed by atoms with van der Waals surface area (Å²) in [5.41, 5.74) is 2.13. The molecule has 1 aromatic carbocycles. The highest BCUT2D eigenvalue weighted by molar-refractivity contribution is 5.26. The van der Waals surface area contributed by atoms with Gasteiger partial charge in [-0.05, 0) is 17.5 Å². The number of aliphatic hydroxyl groups is 1. The number of hydrogen-bond donors (Lipinski definition) is 1. The number of aliphatic hydroxyl groups excluding tert-OH is 1. The van der Waals surface area contributed by atoms with Crippen molar-refractivity contribution >= 4 is 0 Å². The standard InChI is InChI=1S/C12H18O3/c1-14-12(15-2)8-7-10-5-3-4-6-11(10)9-13/h3-6,12-13H,7-9H2,1-2H3. The summed E-state index contributed by atoms with van der Waals surface area (Å²) in [4.78, 5) is 0. The van der Waals surface area contributed by atoms with Crippen molar-refractivity contribution in [2.75, 3.05) is 14.2 Å². The van der Waals surface area contributed by atoms with Crippen LogP contribution in [-0.4, -0.2) is 25.6 Å². The Labute approximate surface area is 90.6 Å². The first-order chi connectivity index (χ1) is 7.31. The molecule has 0 amide bonds. The molecule has 0 fully saturated rings. The predicted molar refractivity (Wildman–Crippen MR) is 58.5 cm³/mol. The zero-order valence-corrected chi connectivity index (χ0v) is 9.27. The average Bonchev–Trinajstić information content (AvgIpc) is 2.31. The molecule has 0 bridgehead atoms. The zero-order valence-electron chi connectivity index (χ0n) is 9.27. The maximum absolute atomic E-state index is 9.14. The number of rotatable bonds is 6. The Morgan fingerprint density at radius 2 is 1.73 bits per heavy atom. The summed E-state index contributed by atoms with van der Waals surface area (Å²) in [6.07, 6.45) is 1.48. The Kier molecular flexibility index (Phi) is 5.32. The monoisotopic (exact) mass is 210 g/mol. The van der Waals surface area contributed by atoms with Crippen LogP contribution in [0.4, 0.5) is 0 Å². The summed E-state index contributed by atoms with van der Waals surface area (Å²) < 4.78 is 10.2. The average molecular weight is 210 g/mol. The van der Waals surface area contributed by atoms with Gasteiger partial charge >= 0.3 is 0 Å². The molecule has 15 heavy (non-hydrogen) atoms. The van der Waals surface area contributed by atoms with Gasteiger partial charge in [-0.25, -0.2) is 0 Å². The number of methoxy groups -OCH3 is 2. The fraction of sp³-hybridized carbons (Fsp3) is 0.500. The van der Waals surface area contributed by atoms with Gasteiger partial charge in [0.1, 0.15) is 0 Å². The van der Waals surface area contributed by atoms with Crippen molar-refractivity contribution in [3.05, 3.63) is 35.4 Å². The van der Waals surface area contributed by atoms with Crippen LogP contribution < -0.4 is 0 Å². The van der Waals surface area contributed by atoms with Gasteiger partial charge in [-0.15, -0.1) is 0 Å². The normalized spacial score (nSPS) is 10.9. The Morgan fingerprint density at radius 3 is 2.27 bits per heavy atom. The highest BCUT2D eigenvalue weighted by Gasteiger charge is 2.07. The summed E-state index contributed by atoms with van der Waals surface area (Å²) in [6, 6.07) is 7.86. The molecular formula is C12H18O3. The molecule has 0 spiro atoms. The number of benzene rings is 1. The van der Waals surface area contributed by atoms with Crippen molar-refractivity contribution in [1.82, 2.24) is 0 Å². The molecule has 84 valence electrons. The largest absolute Gasteiger partial charge is 0.392 e. The Morgan fingerprint density at radius 1 is 1.13 bits per heavy atom. The van der Waals surface area contributed by atoms with Gasteiger partial charge < -0.3 is 14.6 Å². The lowest BCUT2D eigenvalue weighted by atomic mass is 10.0. The minimum absolute atomic E-state index is 0.0841. The van der Waals surface area contributed by atoms with Crippen LogP contribution in [0.2, 0.25) is 0 Å². The maximum Gasteiger partial charge on any atom is 0.157 e. The molecule has 3 heteroatoms. The van der Waals surface area contributed by atoms with Crippen molar-refractivity contribution in [1.29, 1.82) is 0 Å². The van der Waals surface area contributed by atoms with E-state index in [1.807, 2.05) is 24.3 Å². The fourth-order valence-electron chi connectivity index (χ4n) is 1.56. The van der Waals surface area contributed by atoms with Crippen LogP contribution in [0.1, 0.15) is 17.5 Å². The number of ether oxygens (including phenoxy) is 2. The topological polar surface area (TPSA) is 38.7 Å². The molecule has 1 aromatic rings. The van der Waals surface area contributed by atoms with Gasteiger partial charge in [0.05, 0.1) is 6.61 Å². The summed E-state index contributed by atoms with van der Waals surface area (Å²) in [5.74, 6) is 0. The Balaban J connectivity index is 2.56. The molecule has 0 aromatic heterocycles. The summed E-state index contributed by atoms with van der Waals surface area (Å²) in [7, 11) is 3.26. The predicted octanol–water partition coefficient (Wildman–Crippen LogP) is 1.73. The summed E-state index contributed by atoms with van der Waals surface area (Å²) in [6.45, 7) is 0.0841. The van der Waals surface area contributed by atoms with E-state index in [1.54, 1.807) is 14.2 Å². The quantitative estimate of drug-likeness (QED) is 0.727. The first-order valence-electron chi connectivity index (χ1n) is 5.05. The Hall–Kier alpha value is -0.900. The minimum atomic E-state index is -0.170. The molecule has 0 atom stereocenters. The van der Waals surface area contributed by atoms with E-state index >= 15 is 0 Å². The molecule has 0 aliphatic rings. The van der Waals surface area contributed by atoms with Crippen LogP contribution in [-0.2, 0) is 22.5 Å². The van der Waals surface area contributed by atoms with E-state index < -0.39 is 0 Å². The van der Waals surface area contributed by atoms with Gasteiger partial charge in [0.15, 0.2) is 6.29 Å². The van der Waals surface area contributed by atoms with Crippen molar-refractivity contribution in [3.63, 3.8) is 0 Å². The molecule has 0 heterocycles. The van der Waals surface area contributed by atoms with Crippen LogP contribution in [0, 0.1) is 0 Å². The number of hydrogen-bond acceptors (Lipinski definition) is 3. The highest BCUT2D eigenvalue weighted by Crippen LogP contribution is 2.13. The molecule has 1 rings (SSSR count). The van der Waals surface area contributed by atoms with Crippen molar-refractivity contribution in [2.45, 2.75) is 25.7 Å². The molecule has 0 saturated carbocycles. The van der Waals surface area contributed by atoms with Crippen molar-refractivity contribution in [2.24, 2.45) is 0 Å². The van der Waals surface area contributed by atoms with E-state index in [1.165, 1.54) is 0 Å². The van der Waals surface area contributed by atoms with Gasteiger partial charge in [-0.1, -0.05) is 24.3 Å². The van der Waals surface area contributed by atoms with Crippen LogP contribution in [0.25, 0.3) is 0 Å². The number of aryl methyl sites for hydroxylation is 1. The van der Waals surface area contributed by atoms with E-state index in [0.717, 1.165) is 24.0 Å². The molecule has 0 aliphatic heterocycles. The summed E-state index contributed by atoms with van der Waals surface area (Å²) >= 11 is 0. The minimum Gasteiger partial charge on any atom is -0.392 e. The molecule has 3 nitrogen and oxygen atoms in total.